The van der Waals surface area contributed by atoms with Gasteiger partial charge in [0.05, 0.1) is 23.9 Å². The highest BCUT2D eigenvalue weighted by molar-refractivity contribution is 7.51. The topological polar surface area (TPSA) is 159 Å². The second-order valence-corrected chi connectivity index (χ2v) is 9.78. The van der Waals surface area contributed by atoms with Crippen LogP contribution in [0.3, 0.4) is 0 Å². The number of aliphatic hydroxyl groups is 2. The van der Waals surface area contributed by atoms with E-state index in [4.69, 9.17) is 30.9 Å². The normalized spacial score (nSPS) is 24.3. The summed E-state index contributed by atoms with van der Waals surface area (Å²) in [6, 6.07) is 11.5. The summed E-state index contributed by atoms with van der Waals surface area (Å²) in [4.78, 5) is 22.1. The van der Waals surface area contributed by atoms with Crippen molar-refractivity contribution in [3.05, 3.63) is 53.3 Å². The van der Waals surface area contributed by atoms with Crippen LogP contribution in [0, 0.1) is 0 Å². The monoisotopic (exact) mass is 498 g/mol. The number of fused-ring (bicyclic) bond motifs is 1. The number of hydrogen-bond donors (Lipinski definition) is 5. The van der Waals surface area contributed by atoms with Crippen molar-refractivity contribution < 1.29 is 34.0 Å². The Balaban J connectivity index is 1.57. The number of ether oxygens (including phenoxy) is 2. The van der Waals surface area contributed by atoms with Crippen molar-refractivity contribution in [2.24, 2.45) is 0 Å². The van der Waals surface area contributed by atoms with Crippen LogP contribution in [-0.4, -0.2) is 66.0 Å². The third kappa shape index (κ3) is 5.37. The van der Waals surface area contributed by atoms with Crippen LogP contribution in [0.25, 0.3) is 11.0 Å². The van der Waals surface area contributed by atoms with Gasteiger partial charge in [0.2, 0.25) is 0 Å². The number of hydrogen-bond acceptors (Lipinski definition) is 8. The Bertz CT molecular complexity index is 1160. The molecular formula is C20H24ClN4O7P. The van der Waals surface area contributed by atoms with Gasteiger partial charge in [-0.3, -0.25) is 4.57 Å². The van der Waals surface area contributed by atoms with Crippen LogP contribution in [0.15, 0.2) is 42.6 Å². The van der Waals surface area contributed by atoms with Crippen LogP contribution < -0.4 is 5.32 Å². The SMILES string of the molecule is C[C@H](Nc1cc(Cl)nc2c1cnn2[C@@H]1O[C@H](COCP(=O)(O)O)[C@@H](O)[C@H]1O)c1ccccc1. The maximum atomic E-state index is 11.0. The summed E-state index contributed by atoms with van der Waals surface area (Å²) in [6.45, 7) is 1.68. The van der Waals surface area contributed by atoms with Gasteiger partial charge in [0.1, 0.15) is 29.8 Å². The quantitative estimate of drug-likeness (QED) is 0.230. The van der Waals surface area contributed by atoms with E-state index < -0.39 is 38.5 Å². The van der Waals surface area contributed by atoms with Gasteiger partial charge in [0, 0.05) is 6.04 Å². The van der Waals surface area contributed by atoms with Gasteiger partial charge >= 0.3 is 7.60 Å². The number of halogens is 1. The molecule has 1 aliphatic heterocycles. The highest BCUT2D eigenvalue weighted by atomic mass is 35.5. The molecule has 11 nitrogen and oxygen atoms in total. The summed E-state index contributed by atoms with van der Waals surface area (Å²) in [7, 11) is -4.37. The lowest BCUT2D eigenvalue weighted by molar-refractivity contribution is -0.0658. The maximum absolute atomic E-state index is 11.0. The molecule has 0 amide bonds. The van der Waals surface area contributed by atoms with Crippen molar-refractivity contribution in [2.75, 3.05) is 18.3 Å². The molecule has 13 heteroatoms. The first-order valence-corrected chi connectivity index (χ1v) is 12.3. The first-order valence-electron chi connectivity index (χ1n) is 10.1. The number of anilines is 1. The predicted molar refractivity (Wildman–Crippen MR) is 120 cm³/mol. The molecule has 1 aliphatic rings. The van der Waals surface area contributed by atoms with Crippen molar-refractivity contribution >= 4 is 35.9 Å². The molecule has 5 N–H and O–H groups in total. The van der Waals surface area contributed by atoms with Crippen LogP contribution in [0.5, 0.6) is 0 Å². The summed E-state index contributed by atoms with van der Waals surface area (Å²) >= 11 is 6.26. The van der Waals surface area contributed by atoms with Gasteiger partial charge in [-0.25, -0.2) is 9.67 Å². The minimum absolute atomic E-state index is 0.0399. The Hall–Kier alpha value is -2.08. The summed E-state index contributed by atoms with van der Waals surface area (Å²) in [5.74, 6) is 0. The number of rotatable bonds is 8. The number of nitrogens with one attached hydrogen (secondary N) is 1. The van der Waals surface area contributed by atoms with Gasteiger partial charge in [0.15, 0.2) is 11.9 Å². The van der Waals surface area contributed by atoms with Crippen molar-refractivity contribution in [3.8, 4) is 0 Å². The van der Waals surface area contributed by atoms with Crippen LogP contribution >= 0.6 is 19.2 Å². The fourth-order valence-corrected chi connectivity index (χ4v) is 4.24. The van der Waals surface area contributed by atoms with Gasteiger partial charge in [-0.15, -0.1) is 0 Å². The smallest absolute Gasteiger partial charge is 0.350 e. The van der Waals surface area contributed by atoms with Crippen molar-refractivity contribution in [2.45, 2.75) is 37.5 Å². The lowest BCUT2D eigenvalue weighted by atomic mass is 10.1. The van der Waals surface area contributed by atoms with E-state index in [1.165, 1.54) is 4.68 Å². The minimum atomic E-state index is -4.37. The molecule has 0 aliphatic carbocycles. The van der Waals surface area contributed by atoms with Gasteiger partial charge < -0.3 is 34.8 Å². The molecule has 3 aromatic rings. The van der Waals surface area contributed by atoms with E-state index in [1.807, 2.05) is 37.3 Å². The molecule has 0 spiro atoms. The Morgan fingerprint density at radius 3 is 2.70 bits per heavy atom. The average Bonchev–Trinajstić information content (AvgIpc) is 3.29. The van der Waals surface area contributed by atoms with Crippen molar-refractivity contribution in [1.29, 1.82) is 0 Å². The molecule has 0 radical (unpaired) electrons. The molecule has 0 bridgehead atoms. The molecule has 0 unspecified atom stereocenters. The summed E-state index contributed by atoms with van der Waals surface area (Å²) in [5, 5.41) is 29.4. The first kappa shape index (κ1) is 24.1. The zero-order valence-corrected chi connectivity index (χ0v) is 19.2. The second kappa shape index (κ2) is 9.65. The number of pyridine rings is 1. The fraction of sp³-hybridized carbons (Fsp3) is 0.400. The fourth-order valence-electron chi connectivity index (χ4n) is 3.71. The lowest BCUT2D eigenvalue weighted by Crippen LogP contribution is -2.34. The third-order valence-corrected chi connectivity index (χ3v) is 6.04. The molecule has 1 fully saturated rings. The lowest BCUT2D eigenvalue weighted by Gasteiger charge is -2.18. The first-order chi connectivity index (χ1) is 15.6. The number of benzene rings is 1. The highest BCUT2D eigenvalue weighted by Crippen LogP contribution is 2.36. The Morgan fingerprint density at radius 1 is 1.27 bits per heavy atom. The van der Waals surface area contributed by atoms with Crippen LogP contribution in [0.1, 0.15) is 24.8 Å². The molecule has 2 aromatic heterocycles. The van der Waals surface area contributed by atoms with Gasteiger partial charge in [-0.2, -0.15) is 5.10 Å². The summed E-state index contributed by atoms with van der Waals surface area (Å²) in [5.41, 5.74) is 2.09. The van der Waals surface area contributed by atoms with Gasteiger partial charge in [-0.1, -0.05) is 41.9 Å². The minimum Gasteiger partial charge on any atom is -0.387 e. The van der Waals surface area contributed by atoms with E-state index in [-0.39, 0.29) is 17.8 Å². The Morgan fingerprint density at radius 2 is 2.00 bits per heavy atom. The largest absolute Gasteiger partial charge is 0.387 e. The molecule has 1 aromatic carbocycles. The Kier molecular flexibility index (Phi) is 7.04. The van der Waals surface area contributed by atoms with Gasteiger partial charge in [0.25, 0.3) is 0 Å². The summed E-state index contributed by atoms with van der Waals surface area (Å²) in [6.07, 6.45) is -4.13. The average molecular weight is 499 g/mol. The summed E-state index contributed by atoms with van der Waals surface area (Å²) < 4.78 is 22.9. The third-order valence-electron chi connectivity index (χ3n) is 5.33. The molecule has 33 heavy (non-hydrogen) atoms. The van der Waals surface area contributed by atoms with E-state index in [2.05, 4.69) is 15.4 Å². The molecule has 0 saturated carbocycles. The molecule has 1 saturated heterocycles. The number of aromatic nitrogens is 3. The maximum Gasteiger partial charge on any atom is 0.350 e. The number of nitrogens with zero attached hydrogens (tertiary/aromatic N) is 3. The molecule has 4 rings (SSSR count). The van der Waals surface area contributed by atoms with E-state index >= 15 is 0 Å². The van der Waals surface area contributed by atoms with E-state index in [0.717, 1.165) is 5.56 Å². The number of aliphatic hydroxyl groups excluding tert-OH is 2. The standard InChI is InChI=1S/C20H24ClN4O7P/c1-11(12-5-3-2-4-6-12)23-14-7-16(21)24-19-13(14)8-22-25(19)20-18(27)17(26)15(32-20)9-31-10-33(28,29)30/h2-8,11,15,17-18,20,26-27H,9-10H2,1H3,(H,23,24)(H2,28,29,30)/t11-,15+,17+,18+,20+/m0/s1. The highest BCUT2D eigenvalue weighted by Gasteiger charge is 2.45. The molecular weight excluding hydrogens is 475 g/mol. The van der Waals surface area contributed by atoms with Crippen LogP contribution in [0.4, 0.5) is 5.69 Å². The Labute approximate surface area is 194 Å². The predicted octanol–water partition coefficient (Wildman–Crippen LogP) is 2.03. The molecule has 3 heterocycles. The van der Waals surface area contributed by atoms with Gasteiger partial charge in [-0.05, 0) is 18.6 Å². The zero-order valence-electron chi connectivity index (χ0n) is 17.5. The van der Waals surface area contributed by atoms with E-state index in [1.54, 1.807) is 12.3 Å². The second-order valence-electron chi connectivity index (χ2n) is 7.81. The zero-order chi connectivity index (χ0) is 23.8. The van der Waals surface area contributed by atoms with Crippen LogP contribution in [0.2, 0.25) is 5.15 Å². The van der Waals surface area contributed by atoms with E-state index in [9.17, 15) is 14.8 Å². The molecule has 5 atom stereocenters. The van der Waals surface area contributed by atoms with Crippen LogP contribution in [-0.2, 0) is 14.0 Å². The van der Waals surface area contributed by atoms with E-state index in [0.29, 0.717) is 16.7 Å². The van der Waals surface area contributed by atoms with Crippen molar-refractivity contribution in [1.82, 2.24) is 14.8 Å². The molecule has 178 valence electrons. The van der Waals surface area contributed by atoms with Crippen molar-refractivity contribution in [3.63, 3.8) is 0 Å².